The van der Waals surface area contributed by atoms with E-state index in [0.29, 0.717) is 6.04 Å². The van der Waals surface area contributed by atoms with E-state index in [0.717, 1.165) is 12.5 Å². The Bertz CT molecular complexity index is 171. The second kappa shape index (κ2) is 3.97. The van der Waals surface area contributed by atoms with Crippen LogP contribution in [0.3, 0.4) is 0 Å². The van der Waals surface area contributed by atoms with Crippen LogP contribution in [-0.4, -0.2) is 34.7 Å². The summed E-state index contributed by atoms with van der Waals surface area (Å²) in [4.78, 5) is 2.57. The maximum Gasteiger partial charge on any atom is 0.0695 e. The third-order valence-corrected chi connectivity index (χ3v) is 3.76. The topological polar surface area (TPSA) is 23.5 Å². The number of hydrogen-bond donors (Lipinski definition) is 1. The first-order chi connectivity index (χ1) is 6.33. The summed E-state index contributed by atoms with van der Waals surface area (Å²) in [5.74, 6) is 0. The van der Waals surface area contributed by atoms with Crippen LogP contribution in [0.2, 0.25) is 0 Å². The van der Waals surface area contributed by atoms with Crippen LogP contribution in [0.4, 0.5) is 0 Å². The van der Waals surface area contributed by atoms with Gasteiger partial charge in [-0.3, -0.25) is 4.90 Å². The number of nitrogens with zero attached hydrogens (tertiary/aromatic N) is 1. The maximum atomic E-state index is 9.82. The van der Waals surface area contributed by atoms with Crippen LogP contribution in [-0.2, 0) is 0 Å². The smallest absolute Gasteiger partial charge is 0.0695 e. The van der Waals surface area contributed by atoms with Crippen molar-refractivity contribution in [3.05, 3.63) is 0 Å². The van der Waals surface area contributed by atoms with E-state index in [1.807, 2.05) is 0 Å². The van der Waals surface area contributed by atoms with Crippen LogP contribution in [0.15, 0.2) is 0 Å². The van der Waals surface area contributed by atoms with Gasteiger partial charge in [0.1, 0.15) is 0 Å². The molecule has 2 nitrogen and oxygen atoms in total. The molecule has 76 valence electrons. The highest BCUT2D eigenvalue weighted by atomic mass is 16.3. The lowest BCUT2D eigenvalue weighted by atomic mass is 10.1. The van der Waals surface area contributed by atoms with E-state index < -0.39 is 0 Å². The molecule has 1 saturated heterocycles. The van der Waals surface area contributed by atoms with Crippen LogP contribution < -0.4 is 0 Å². The Morgan fingerprint density at radius 2 is 2.08 bits per heavy atom. The fourth-order valence-electron chi connectivity index (χ4n) is 3.04. The monoisotopic (exact) mass is 183 g/mol. The molecular formula is C11H21NO. The van der Waals surface area contributed by atoms with Crippen molar-refractivity contribution in [2.24, 2.45) is 0 Å². The van der Waals surface area contributed by atoms with Crippen LogP contribution in [0.1, 0.15) is 45.4 Å². The highest BCUT2D eigenvalue weighted by Gasteiger charge is 2.36. The summed E-state index contributed by atoms with van der Waals surface area (Å²) in [5, 5.41) is 9.82. The van der Waals surface area contributed by atoms with Crippen molar-refractivity contribution >= 4 is 0 Å². The highest BCUT2D eigenvalue weighted by Crippen LogP contribution is 2.31. The number of hydrogen-bond acceptors (Lipinski definition) is 2. The molecule has 0 aromatic carbocycles. The van der Waals surface area contributed by atoms with Gasteiger partial charge in [0.2, 0.25) is 0 Å². The van der Waals surface area contributed by atoms with Crippen LogP contribution in [0.25, 0.3) is 0 Å². The fraction of sp³-hybridized carbons (Fsp3) is 1.00. The predicted molar refractivity (Wildman–Crippen MR) is 53.7 cm³/mol. The summed E-state index contributed by atoms with van der Waals surface area (Å²) < 4.78 is 0. The van der Waals surface area contributed by atoms with Gasteiger partial charge in [-0.25, -0.2) is 0 Å². The van der Waals surface area contributed by atoms with Gasteiger partial charge in [-0.1, -0.05) is 6.92 Å². The van der Waals surface area contributed by atoms with Gasteiger partial charge in [0, 0.05) is 12.1 Å². The Kier molecular flexibility index (Phi) is 2.89. The molecule has 1 N–H and O–H groups in total. The first kappa shape index (κ1) is 9.47. The molecule has 0 amide bonds. The summed E-state index contributed by atoms with van der Waals surface area (Å²) in [5.41, 5.74) is 0. The summed E-state index contributed by atoms with van der Waals surface area (Å²) in [7, 11) is 0. The molecule has 2 heteroatoms. The third-order valence-electron chi connectivity index (χ3n) is 3.76. The minimum Gasteiger partial charge on any atom is -0.391 e. The van der Waals surface area contributed by atoms with Gasteiger partial charge in [-0.2, -0.15) is 0 Å². The van der Waals surface area contributed by atoms with Crippen LogP contribution >= 0.6 is 0 Å². The molecule has 3 atom stereocenters. The Balaban J connectivity index is 1.98. The van der Waals surface area contributed by atoms with Gasteiger partial charge < -0.3 is 5.11 Å². The second-order valence-electron chi connectivity index (χ2n) is 4.51. The van der Waals surface area contributed by atoms with E-state index in [2.05, 4.69) is 11.8 Å². The van der Waals surface area contributed by atoms with Gasteiger partial charge in [-0.15, -0.1) is 0 Å². The third kappa shape index (κ3) is 1.75. The van der Waals surface area contributed by atoms with E-state index in [-0.39, 0.29) is 6.10 Å². The van der Waals surface area contributed by atoms with Crippen molar-refractivity contribution < 1.29 is 5.11 Å². The SMILES string of the molecule is CCC1CCCN1C1CCCC1O. The van der Waals surface area contributed by atoms with Crippen molar-refractivity contribution in [2.75, 3.05) is 6.54 Å². The molecule has 0 radical (unpaired) electrons. The second-order valence-corrected chi connectivity index (χ2v) is 4.51. The zero-order valence-corrected chi connectivity index (χ0v) is 8.58. The van der Waals surface area contributed by atoms with E-state index in [4.69, 9.17) is 0 Å². The standard InChI is InChI=1S/C11H21NO/c1-2-9-5-4-8-12(9)10-6-3-7-11(10)13/h9-11,13H,2-8H2,1H3. The Hall–Kier alpha value is -0.0800. The minimum absolute atomic E-state index is 0.0350. The first-order valence-corrected chi connectivity index (χ1v) is 5.76. The Labute approximate surface area is 80.9 Å². The van der Waals surface area contributed by atoms with Crippen molar-refractivity contribution in [3.63, 3.8) is 0 Å². The van der Waals surface area contributed by atoms with Crippen molar-refractivity contribution in [2.45, 2.75) is 63.6 Å². The molecule has 0 aromatic rings. The van der Waals surface area contributed by atoms with Crippen LogP contribution in [0, 0.1) is 0 Å². The zero-order chi connectivity index (χ0) is 9.26. The van der Waals surface area contributed by atoms with Crippen LogP contribution in [0.5, 0.6) is 0 Å². The van der Waals surface area contributed by atoms with E-state index in [1.54, 1.807) is 0 Å². The molecule has 2 rings (SSSR count). The van der Waals surface area contributed by atoms with E-state index >= 15 is 0 Å². The van der Waals surface area contributed by atoms with Gasteiger partial charge in [-0.05, 0) is 45.1 Å². The molecule has 1 saturated carbocycles. The molecule has 1 heterocycles. The first-order valence-electron chi connectivity index (χ1n) is 5.76. The summed E-state index contributed by atoms with van der Waals surface area (Å²) in [6.07, 6.45) is 7.37. The van der Waals surface area contributed by atoms with Gasteiger partial charge >= 0.3 is 0 Å². The van der Waals surface area contributed by atoms with Crippen molar-refractivity contribution in [1.29, 1.82) is 0 Å². The van der Waals surface area contributed by atoms with E-state index in [1.165, 1.54) is 38.6 Å². The summed E-state index contributed by atoms with van der Waals surface area (Å²) in [6.45, 7) is 3.49. The molecule has 3 unspecified atom stereocenters. The van der Waals surface area contributed by atoms with Gasteiger partial charge in [0.25, 0.3) is 0 Å². The van der Waals surface area contributed by atoms with Gasteiger partial charge in [0.15, 0.2) is 0 Å². The molecule has 2 fully saturated rings. The summed E-state index contributed by atoms with van der Waals surface area (Å²) in [6, 6.07) is 1.25. The van der Waals surface area contributed by atoms with E-state index in [9.17, 15) is 5.11 Å². The van der Waals surface area contributed by atoms with Crippen molar-refractivity contribution in [3.8, 4) is 0 Å². The number of aliphatic hydroxyl groups is 1. The molecule has 0 spiro atoms. The highest BCUT2D eigenvalue weighted by molar-refractivity contribution is 4.91. The zero-order valence-electron chi connectivity index (χ0n) is 8.58. The lowest BCUT2D eigenvalue weighted by Crippen LogP contribution is -2.43. The lowest BCUT2D eigenvalue weighted by Gasteiger charge is -2.31. The lowest BCUT2D eigenvalue weighted by molar-refractivity contribution is 0.0620. The number of likely N-dealkylation sites (tertiary alicyclic amines) is 1. The number of rotatable bonds is 2. The Morgan fingerprint density at radius 3 is 2.69 bits per heavy atom. The average Bonchev–Trinajstić information content (AvgIpc) is 2.71. The normalized spacial score (nSPS) is 41.5. The Morgan fingerprint density at radius 1 is 1.23 bits per heavy atom. The van der Waals surface area contributed by atoms with Crippen molar-refractivity contribution in [1.82, 2.24) is 4.90 Å². The fourth-order valence-corrected chi connectivity index (χ4v) is 3.04. The molecule has 2 aliphatic rings. The quantitative estimate of drug-likeness (QED) is 0.705. The molecular weight excluding hydrogens is 162 g/mol. The molecule has 0 aromatic heterocycles. The average molecular weight is 183 g/mol. The maximum absolute atomic E-state index is 9.82. The molecule has 13 heavy (non-hydrogen) atoms. The number of aliphatic hydroxyl groups excluding tert-OH is 1. The largest absolute Gasteiger partial charge is 0.391 e. The predicted octanol–water partition coefficient (Wildman–Crippen LogP) is 1.77. The van der Waals surface area contributed by atoms with Gasteiger partial charge in [0.05, 0.1) is 6.10 Å². The summed E-state index contributed by atoms with van der Waals surface area (Å²) >= 11 is 0. The minimum atomic E-state index is -0.0350. The molecule has 1 aliphatic carbocycles. The molecule has 1 aliphatic heterocycles. The molecule has 0 bridgehead atoms.